The molecule has 0 aliphatic carbocycles. The number of thiazole rings is 1. The second-order valence-electron chi connectivity index (χ2n) is 6.47. The molecular weight excluding hydrogens is 382 g/mol. The van der Waals surface area contributed by atoms with E-state index in [9.17, 15) is 0 Å². The molecule has 2 heterocycles. The highest BCUT2D eigenvalue weighted by molar-refractivity contribution is 7.09. The molecule has 6 nitrogen and oxygen atoms in total. The van der Waals surface area contributed by atoms with Crippen LogP contribution >= 0.6 is 11.3 Å². The van der Waals surface area contributed by atoms with Crippen LogP contribution in [0.2, 0.25) is 0 Å². The lowest BCUT2D eigenvalue weighted by Crippen LogP contribution is -2.38. The third-order valence-corrected chi connectivity index (χ3v) is 4.98. The first-order chi connectivity index (χ1) is 14.2. The van der Waals surface area contributed by atoms with E-state index in [1.54, 1.807) is 17.5 Å². The maximum Gasteiger partial charge on any atom is 0.218 e. The van der Waals surface area contributed by atoms with Crippen molar-refractivity contribution in [1.82, 2.24) is 20.6 Å². The number of nitrogens with zero attached hydrogens (tertiary/aromatic N) is 3. The van der Waals surface area contributed by atoms with E-state index in [0.717, 1.165) is 47.3 Å². The Morgan fingerprint density at radius 3 is 2.76 bits per heavy atom. The zero-order valence-electron chi connectivity index (χ0n) is 16.9. The predicted octanol–water partition coefficient (Wildman–Crippen LogP) is 3.72. The average Bonchev–Trinajstić information content (AvgIpc) is 3.17. The number of guanidine groups is 1. The molecule has 0 radical (unpaired) electrons. The van der Waals surface area contributed by atoms with Crippen LogP contribution < -0.4 is 15.4 Å². The molecule has 3 rings (SSSR count). The van der Waals surface area contributed by atoms with Crippen LogP contribution in [-0.4, -0.2) is 29.0 Å². The number of benzene rings is 1. The Kier molecular flexibility index (Phi) is 8.01. The topological polar surface area (TPSA) is 71.4 Å². The van der Waals surface area contributed by atoms with Crippen LogP contribution in [0.5, 0.6) is 5.88 Å². The van der Waals surface area contributed by atoms with E-state index in [-0.39, 0.29) is 0 Å². The van der Waals surface area contributed by atoms with Crippen LogP contribution in [0.3, 0.4) is 0 Å². The van der Waals surface area contributed by atoms with Gasteiger partial charge in [0.2, 0.25) is 5.88 Å². The fourth-order valence-electron chi connectivity index (χ4n) is 2.74. The van der Waals surface area contributed by atoms with Crippen molar-refractivity contribution >= 4 is 17.3 Å². The van der Waals surface area contributed by atoms with Gasteiger partial charge in [-0.2, -0.15) is 0 Å². The summed E-state index contributed by atoms with van der Waals surface area (Å²) < 4.78 is 5.93. The molecule has 1 aromatic carbocycles. The molecule has 0 aliphatic heterocycles. The normalized spacial score (nSPS) is 11.3. The van der Waals surface area contributed by atoms with Gasteiger partial charge in [0.25, 0.3) is 0 Å². The Morgan fingerprint density at radius 1 is 1.14 bits per heavy atom. The molecule has 0 saturated heterocycles. The molecule has 2 aromatic heterocycles. The fourth-order valence-corrected chi connectivity index (χ4v) is 3.39. The number of hydrogen-bond donors (Lipinski definition) is 2. The zero-order chi connectivity index (χ0) is 20.3. The van der Waals surface area contributed by atoms with Crippen molar-refractivity contribution in [3.8, 4) is 5.88 Å². The van der Waals surface area contributed by atoms with Crippen molar-refractivity contribution in [1.29, 1.82) is 0 Å². The largest absolute Gasteiger partial charge is 0.473 e. The van der Waals surface area contributed by atoms with Crippen molar-refractivity contribution in [2.45, 2.75) is 33.4 Å². The van der Waals surface area contributed by atoms with Gasteiger partial charge >= 0.3 is 0 Å². The Balaban J connectivity index is 1.58. The van der Waals surface area contributed by atoms with Crippen LogP contribution in [0.1, 0.15) is 28.8 Å². The third-order valence-electron chi connectivity index (χ3n) is 4.16. The number of aryl methyl sites for hydroxylation is 1. The highest BCUT2D eigenvalue weighted by Gasteiger charge is 2.06. The van der Waals surface area contributed by atoms with E-state index < -0.39 is 0 Å². The van der Waals surface area contributed by atoms with Gasteiger partial charge in [0.1, 0.15) is 6.61 Å². The maximum absolute atomic E-state index is 5.93. The minimum absolute atomic E-state index is 0.486. The van der Waals surface area contributed by atoms with Gasteiger partial charge in [-0.3, -0.25) is 0 Å². The third kappa shape index (κ3) is 6.87. The average molecular weight is 410 g/mol. The number of ether oxygens (including phenoxy) is 1. The number of aromatic nitrogens is 2. The quantitative estimate of drug-likeness (QED) is 0.416. The van der Waals surface area contributed by atoms with Gasteiger partial charge in [-0.15, -0.1) is 11.3 Å². The first-order valence-corrected chi connectivity index (χ1v) is 10.7. The summed E-state index contributed by atoms with van der Waals surface area (Å²) in [5, 5.41) is 9.85. The molecule has 152 valence electrons. The predicted molar refractivity (Wildman–Crippen MR) is 118 cm³/mol. The Bertz CT molecular complexity index is 910. The van der Waals surface area contributed by atoms with Crippen LogP contribution in [-0.2, 0) is 19.6 Å². The molecule has 0 unspecified atom stereocenters. The van der Waals surface area contributed by atoms with Crippen LogP contribution in [0.25, 0.3) is 0 Å². The molecule has 0 aliphatic rings. The van der Waals surface area contributed by atoms with E-state index in [2.05, 4.69) is 32.9 Å². The number of pyridine rings is 1. The molecule has 0 amide bonds. The summed E-state index contributed by atoms with van der Waals surface area (Å²) in [5.41, 5.74) is 3.18. The molecule has 0 spiro atoms. The minimum Gasteiger partial charge on any atom is -0.473 e. The lowest BCUT2D eigenvalue weighted by molar-refractivity contribution is 0.290. The zero-order valence-corrected chi connectivity index (χ0v) is 17.7. The summed E-state index contributed by atoms with van der Waals surface area (Å²) in [6, 6.07) is 14.0. The van der Waals surface area contributed by atoms with E-state index in [4.69, 9.17) is 9.73 Å². The molecule has 0 bridgehead atoms. The lowest BCUT2D eigenvalue weighted by atomic mass is 10.2. The first-order valence-electron chi connectivity index (χ1n) is 9.78. The van der Waals surface area contributed by atoms with Crippen molar-refractivity contribution in [2.75, 3.05) is 13.1 Å². The first kappa shape index (κ1) is 20.8. The molecule has 0 atom stereocenters. The number of aliphatic imine (C=N–C) groups is 1. The molecule has 2 N–H and O–H groups in total. The van der Waals surface area contributed by atoms with E-state index >= 15 is 0 Å². The molecular formula is C22H27N5OS. The Labute approximate surface area is 176 Å². The molecule has 0 fully saturated rings. The van der Waals surface area contributed by atoms with Crippen molar-refractivity contribution < 1.29 is 4.74 Å². The van der Waals surface area contributed by atoms with Crippen LogP contribution in [0.15, 0.2) is 59.0 Å². The van der Waals surface area contributed by atoms with Gasteiger partial charge in [-0.05, 0) is 25.5 Å². The van der Waals surface area contributed by atoms with E-state index in [1.165, 1.54) is 0 Å². The second-order valence-corrected chi connectivity index (χ2v) is 7.53. The molecule has 29 heavy (non-hydrogen) atoms. The Hall–Kier alpha value is -2.93. The van der Waals surface area contributed by atoms with E-state index in [0.29, 0.717) is 19.0 Å². The summed E-state index contributed by atoms with van der Waals surface area (Å²) in [5.74, 6) is 1.39. The standard InChI is InChI=1S/C22H27N5OS/c1-3-23-22(25-13-11-20-16-29-17(2)27-20)26-14-19-10-7-12-24-21(19)28-15-18-8-5-4-6-9-18/h4-10,12,16H,3,11,13-15H2,1-2H3,(H2,23,25,26). The lowest BCUT2D eigenvalue weighted by Gasteiger charge is -2.12. The molecule has 0 saturated carbocycles. The van der Waals surface area contributed by atoms with Crippen molar-refractivity contribution in [3.05, 3.63) is 75.9 Å². The summed E-state index contributed by atoms with van der Waals surface area (Å²) in [6.07, 6.45) is 2.61. The second kappa shape index (κ2) is 11.2. The summed E-state index contributed by atoms with van der Waals surface area (Å²) in [4.78, 5) is 13.6. The van der Waals surface area contributed by atoms with Gasteiger partial charge in [0.15, 0.2) is 5.96 Å². The van der Waals surface area contributed by atoms with Crippen molar-refractivity contribution in [2.24, 2.45) is 4.99 Å². The smallest absolute Gasteiger partial charge is 0.218 e. The van der Waals surface area contributed by atoms with E-state index in [1.807, 2.05) is 49.4 Å². The van der Waals surface area contributed by atoms with Gasteiger partial charge in [0.05, 0.1) is 17.2 Å². The number of hydrogen-bond acceptors (Lipinski definition) is 5. The van der Waals surface area contributed by atoms with Gasteiger partial charge in [-0.1, -0.05) is 36.4 Å². The summed E-state index contributed by atoms with van der Waals surface area (Å²) >= 11 is 1.68. The molecule has 7 heteroatoms. The molecule has 3 aromatic rings. The monoisotopic (exact) mass is 409 g/mol. The summed E-state index contributed by atoms with van der Waals surface area (Å²) in [7, 11) is 0. The van der Waals surface area contributed by atoms with Gasteiger partial charge in [-0.25, -0.2) is 15.0 Å². The number of nitrogens with one attached hydrogen (secondary N) is 2. The van der Waals surface area contributed by atoms with Gasteiger partial charge < -0.3 is 15.4 Å². The number of rotatable bonds is 9. The van der Waals surface area contributed by atoms with Crippen LogP contribution in [0.4, 0.5) is 0 Å². The minimum atomic E-state index is 0.486. The highest BCUT2D eigenvalue weighted by Crippen LogP contribution is 2.17. The maximum atomic E-state index is 5.93. The van der Waals surface area contributed by atoms with Crippen LogP contribution in [0, 0.1) is 6.92 Å². The van der Waals surface area contributed by atoms with Crippen molar-refractivity contribution in [3.63, 3.8) is 0 Å². The SMILES string of the molecule is CCNC(=NCc1cccnc1OCc1ccccc1)NCCc1csc(C)n1. The Morgan fingerprint density at radius 2 is 2.00 bits per heavy atom. The fraction of sp³-hybridized carbons (Fsp3) is 0.318. The van der Waals surface area contributed by atoms with Gasteiger partial charge in [0, 0.05) is 36.7 Å². The highest BCUT2D eigenvalue weighted by atomic mass is 32.1. The summed E-state index contributed by atoms with van der Waals surface area (Å²) in [6.45, 7) is 6.63.